The zero-order valence-corrected chi connectivity index (χ0v) is 13.2. The van der Waals surface area contributed by atoms with Crippen LogP contribution in [0, 0.1) is 5.82 Å². The first-order chi connectivity index (χ1) is 11.2. The largest absolute Gasteiger partial charge is 0.349 e. The lowest BCUT2D eigenvalue weighted by Crippen LogP contribution is -2.34. The Labute approximate surface area is 137 Å². The van der Waals surface area contributed by atoms with E-state index in [9.17, 15) is 9.18 Å². The van der Waals surface area contributed by atoms with E-state index in [2.05, 4.69) is 10.3 Å². The molecular weight excluding hydrogens is 311 g/mol. The second-order valence-corrected chi connectivity index (χ2v) is 6.96. The molecular formula is C18H15FN2OS. The van der Waals surface area contributed by atoms with Gasteiger partial charge >= 0.3 is 0 Å². The van der Waals surface area contributed by atoms with Gasteiger partial charge in [-0.2, -0.15) is 0 Å². The molecule has 1 N–H and O–H groups in total. The summed E-state index contributed by atoms with van der Waals surface area (Å²) in [5, 5.41) is 3.89. The van der Waals surface area contributed by atoms with Crippen molar-refractivity contribution >= 4 is 27.5 Å². The number of benzene rings is 2. The summed E-state index contributed by atoms with van der Waals surface area (Å²) in [6.45, 7) is 0.432. The van der Waals surface area contributed by atoms with Crippen LogP contribution >= 0.6 is 11.3 Å². The second-order valence-electron chi connectivity index (χ2n) is 5.85. The summed E-state index contributed by atoms with van der Waals surface area (Å²) < 4.78 is 14.2. The van der Waals surface area contributed by atoms with Crippen molar-refractivity contribution in [3.05, 3.63) is 64.9 Å². The molecule has 1 aliphatic rings. The van der Waals surface area contributed by atoms with Gasteiger partial charge in [0.1, 0.15) is 10.8 Å². The summed E-state index contributed by atoms with van der Waals surface area (Å²) in [6, 6.07) is 14.2. The van der Waals surface area contributed by atoms with Crippen LogP contribution in [0.2, 0.25) is 0 Å². The number of halogens is 1. The fourth-order valence-corrected chi connectivity index (χ4v) is 3.77. The first-order valence-corrected chi connectivity index (χ1v) is 8.38. The van der Waals surface area contributed by atoms with Crippen LogP contribution < -0.4 is 5.32 Å². The summed E-state index contributed by atoms with van der Waals surface area (Å²) >= 11 is 1.59. The van der Waals surface area contributed by atoms with E-state index in [4.69, 9.17) is 0 Å². The normalized spacial score (nSPS) is 15.5. The fraction of sp³-hybridized carbons (Fsp3) is 0.222. The molecule has 0 aliphatic heterocycles. The predicted molar refractivity (Wildman–Crippen MR) is 88.8 cm³/mol. The van der Waals surface area contributed by atoms with Crippen molar-refractivity contribution < 1.29 is 9.18 Å². The molecule has 5 heteroatoms. The molecule has 1 aromatic heterocycles. The lowest BCUT2D eigenvalue weighted by molar-refractivity contribution is -0.123. The third-order valence-corrected chi connectivity index (χ3v) is 5.36. The van der Waals surface area contributed by atoms with Crippen molar-refractivity contribution in [1.29, 1.82) is 0 Å². The Hall–Kier alpha value is -2.27. The van der Waals surface area contributed by atoms with Gasteiger partial charge in [0, 0.05) is 0 Å². The average Bonchev–Trinajstić information content (AvgIpc) is 3.27. The van der Waals surface area contributed by atoms with E-state index >= 15 is 0 Å². The number of hydrogen-bond acceptors (Lipinski definition) is 3. The van der Waals surface area contributed by atoms with Gasteiger partial charge in [0.2, 0.25) is 5.91 Å². The van der Waals surface area contributed by atoms with Gasteiger partial charge in [-0.3, -0.25) is 4.79 Å². The molecule has 1 amide bonds. The topological polar surface area (TPSA) is 42.0 Å². The summed E-state index contributed by atoms with van der Waals surface area (Å²) in [5.41, 5.74) is 1.37. The number of nitrogens with zero attached hydrogens (tertiary/aromatic N) is 1. The van der Waals surface area contributed by atoms with Crippen LogP contribution in [0.1, 0.15) is 23.4 Å². The summed E-state index contributed by atoms with van der Waals surface area (Å²) in [6.07, 6.45) is 1.62. The number of rotatable bonds is 4. The summed E-state index contributed by atoms with van der Waals surface area (Å²) in [7, 11) is 0. The number of carbonyl (C=O) groups excluding carboxylic acids is 1. The van der Waals surface area contributed by atoms with Gasteiger partial charge in [-0.15, -0.1) is 11.3 Å². The number of nitrogens with one attached hydrogen (secondary N) is 1. The number of hydrogen-bond donors (Lipinski definition) is 1. The van der Waals surface area contributed by atoms with Gasteiger partial charge < -0.3 is 5.32 Å². The monoisotopic (exact) mass is 326 g/mol. The van der Waals surface area contributed by atoms with Crippen LogP contribution in [0.4, 0.5) is 4.39 Å². The van der Waals surface area contributed by atoms with Crippen LogP contribution in [0.3, 0.4) is 0 Å². The molecule has 0 atom stereocenters. The Morgan fingerprint density at radius 3 is 2.61 bits per heavy atom. The Morgan fingerprint density at radius 2 is 1.91 bits per heavy atom. The molecule has 1 aliphatic carbocycles. The number of thiazole rings is 1. The van der Waals surface area contributed by atoms with Gasteiger partial charge in [0.25, 0.3) is 0 Å². The van der Waals surface area contributed by atoms with Crippen LogP contribution in [0.15, 0.2) is 48.5 Å². The molecule has 3 nitrogen and oxygen atoms in total. The molecule has 0 saturated heterocycles. The highest BCUT2D eigenvalue weighted by atomic mass is 32.1. The number of amides is 1. The Balaban J connectivity index is 1.48. The first kappa shape index (κ1) is 14.3. The Kier molecular flexibility index (Phi) is 3.38. The molecule has 1 saturated carbocycles. The van der Waals surface area contributed by atoms with Gasteiger partial charge in [0.15, 0.2) is 0 Å². The van der Waals surface area contributed by atoms with E-state index < -0.39 is 5.41 Å². The highest BCUT2D eigenvalue weighted by Crippen LogP contribution is 2.48. The number of aromatic nitrogens is 1. The van der Waals surface area contributed by atoms with Crippen molar-refractivity contribution in [3.63, 3.8) is 0 Å². The van der Waals surface area contributed by atoms with E-state index in [1.165, 1.54) is 12.1 Å². The van der Waals surface area contributed by atoms with E-state index in [0.717, 1.165) is 33.6 Å². The molecule has 0 spiro atoms. The Bertz CT molecular complexity index is 835. The maximum atomic E-state index is 13.1. The van der Waals surface area contributed by atoms with Crippen molar-refractivity contribution in [2.75, 3.05) is 0 Å². The summed E-state index contributed by atoms with van der Waals surface area (Å²) in [4.78, 5) is 17.1. The molecule has 116 valence electrons. The lowest BCUT2D eigenvalue weighted by Gasteiger charge is -2.15. The maximum absolute atomic E-state index is 13.1. The standard InChI is InChI=1S/C18H15FN2OS/c19-13-7-5-12(6-8-13)18(9-10-18)17(22)20-11-16-21-14-3-1-2-4-15(14)23-16/h1-8H,9-11H2,(H,20,22). The van der Waals surface area contributed by atoms with Crippen LogP contribution in [0.25, 0.3) is 10.2 Å². The third kappa shape index (κ3) is 2.61. The minimum absolute atomic E-state index is 0.00312. The van der Waals surface area contributed by atoms with Gasteiger partial charge in [0.05, 0.1) is 22.2 Å². The van der Waals surface area contributed by atoms with E-state index in [1.807, 2.05) is 24.3 Å². The van der Waals surface area contributed by atoms with Crippen molar-refractivity contribution in [2.24, 2.45) is 0 Å². The second kappa shape index (κ2) is 5.42. The van der Waals surface area contributed by atoms with Crippen LogP contribution in [0.5, 0.6) is 0 Å². The van der Waals surface area contributed by atoms with Crippen LogP contribution in [-0.4, -0.2) is 10.9 Å². The van der Waals surface area contributed by atoms with Crippen molar-refractivity contribution in [1.82, 2.24) is 10.3 Å². The number of fused-ring (bicyclic) bond motifs is 1. The minimum atomic E-state index is -0.482. The molecule has 0 radical (unpaired) electrons. The molecule has 3 aromatic rings. The SMILES string of the molecule is O=C(NCc1nc2ccccc2s1)C1(c2ccc(F)cc2)CC1. The van der Waals surface area contributed by atoms with Gasteiger partial charge in [-0.05, 0) is 42.7 Å². The van der Waals surface area contributed by atoms with Crippen LogP contribution in [-0.2, 0) is 16.8 Å². The third-order valence-electron chi connectivity index (χ3n) is 4.32. The first-order valence-electron chi connectivity index (χ1n) is 7.56. The maximum Gasteiger partial charge on any atom is 0.231 e. The van der Waals surface area contributed by atoms with Crippen molar-refractivity contribution in [3.8, 4) is 0 Å². The molecule has 0 bridgehead atoms. The average molecular weight is 326 g/mol. The minimum Gasteiger partial charge on any atom is -0.349 e. The number of para-hydroxylation sites is 1. The quantitative estimate of drug-likeness (QED) is 0.793. The van der Waals surface area contributed by atoms with Crippen molar-refractivity contribution in [2.45, 2.75) is 24.8 Å². The zero-order chi connectivity index (χ0) is 15.9. The molecule has 4 rings (SSSR count). The van der Waals surface area contributed by atoms with Gasteiger partial charge in [-0.1, -0.05) is 24.3 Å². The zero-order valence-electron chi connectivity index (χ0n) is 12.4. The molecule has 23 heavy (non-hydrogen) atoms. The fourth-order valence-electron chi connectivity index (χ4n) is 2.86. The summed E-state index contributed by atoms with van der Waals surface area (Å²) in [5.74, 6) is -0.275. The van der Waals surface area contributed by atoms with E-state index in [1.54, 1.807) is 23.5 Å². The smallest absolute Gasteiger partial charge is 0.231 e. The Morgan fingerprint density at radius 1 is 1.17 bits per heavy atom. The predicted octanol–water partition coefficient (Wildman–Crippen LogP) is 3.78. The van der Waals surface area contributed by atoms with E-state index in [0.29, 0.717) is 6.54 Å². The molecule has 2 aromatic carbocycles. The lowest BCUT2D eigenvalue weighted by atomic mass is 9.95. The molecule has 0 unspecified atom stereocenters. The molecule has 1 fully saturated rings. The van der Waals surface area contributed by atoms with Gasteiger partial charge in [-0.25, -0.2) is 9.37 Å². The van der Waals surface area contributed by atoms with E-state index in [-0.39, 0.29) is 11.7 Å². The number of carbonyl (C=O) groups is 1. The molecule has 1 heterocycles. The highest BCUT2D eigenvalue weighted by molar-refractivity contribution is 7.18. The highest BCUT2D eigenvalue weighted by Gasteiger charge is 2.51.